The van der Waals surface area contributed by atoms with Crippen molar-refractivity contribution in [2.75, 3.05) is 11.0 Å². The summed E-state index contributed by atoms with van der Waals surface area (Å²) in [7, 11) is -3.25. The first-order valence-electron chi connectivity index (χ1n) is 5.86. The summed E-state index contributed by atoms with van der Waals surface area (Å²) in [6.07, 6.45) is 4.26. The molecular weight excluding hydrogens is 318 g/mol. The minimum absolute atomic E-state index is 0.252. The van der Waals surface area contributed by atoms with Gasteiger partial charge in [-0.3, -0.25) is 4.72 Å². The average Bonchev–Trinajstić information content (AvgIpc) is 2.26. The number of hydrogen-bond acceptors (Lipinski definition) is 3. The van der Waals surface area contributed by atoms with Crippen molar-refractivity contribution >= 4 is 31.6 Å². The van der Waals surface area contributed by atoms with E-state index >= 15 is 0 Å². The van der Waals surface area contributed by atoms with E-state index in [0.29, 0.717) is 5.69 Å². The van der Waals surface area contributed by atoms with E-state index in [1.54, 1.807) is 6.07 Å². The molecule has 0 aromatic heterocycles. The largest absolute Gasteiger partial charge is 0.489 e. The average molecular weight is 334 g/mol. The highest BCUT2D eigenvalue weighted by Gasteiger charge is 2.21. The van der Waals surface area contributed by atoms with Crippen molar-refractivity contribution in [2.45, 2.75) is 32.3 Å². The number of anilines is 1. The van der Waals surface area contributed by atoms with Crippen molar-refractivity contribution in [1.29, 1.82) is 0 Å². The quantitative estimate of drug-likeness (QED) is 0.925. The van der Waals surface area contributed by atoms with Crippen molar-refractivity contribution in [3.63, 3.8) is 0 Å². The second-order valence-electron chi connectivity index (χ2n) is 4.51. The summed E-state index contributed by atoms with van der Waals surface area (Å²) < 4.78 is 31.6. The van der Waals surface area contributed by atoms with Gasteiger partial charge in [0.05, 0.1) is 22.5 Å². The Morgan fingerprint density at radius 3 is 2.83 bits per heavy atom. The van der Waals surface area contributed by atoms with Crippen molar-refractivity contribution in [1.82, 2.24) is 0 Å². The first-order valence-corrected chi connectivity index (χ1v) is 8.54. The second kappa shape index (κ2) is 5.09. The van der Waals surface area contributed by atoms with Crippen LogP contribution in [-0.4, -0.2) is 20.8 Å². The molecule has 1 aromatic carbocycles. The van der Waals surface area contributed by atoms with Gasteiger partial charge in [0.2, 0.25) is 10.0 Å². The van der Waals surface area contributed by atoms with E-state index < -0.39 is 10.0 Å². The van der Waals surface area contributed by atoms with Crippen LogP contribution in [0.5, 0.6) is 5.75 Å². The van der Waals surface area contributed by atoms with Gasteiger partial charge in [0.1, 0.15) is 5.75 Å². The van der Waals surface area contributed by atoms with E-state index in [-0.39, 0.29) is 6.10 Å². The van der Waals surface area contributed by atoms with E-state index in [9.17, 15) is 8.42 Å². The van der Waals surface area contributed by atoms with Gasteiger partial charge in [-0.25, -0.2) is 8.42 Å². The van der Waals surface area contributed by atoms with Crippen molar-refractivity contribution < 1.29 is 13.2 Å². The lowest BCUT2D eigenvalue weighted by molar-refractivity contribution is 0.168. The Morgan fingerprint density at radius 2 is 2.22 bits per heavy atom. The molecule has 1 aliphatic heterocycles. The van der Waals surface area contributed by atoms with Gasteiger partial charge >= 0.3 is 0 Å². The van der Waals surface area contributed by atoms with Gasteiger partial charge in [0.15, 0.2) is 0 Å². The van der Waals surface area contributed by atoms with Crippen LogP contribution in [0.2, 0.25) is 0 Å². The fraction of sp³-hybridized carbons (Fsp3) is 0.500. The molecule has 4 nitrogen and oxygen atoms in total. The minimum Gasteiger partial charge on any atom is -0.489 e. The number of fused-ring (bicyclic) bond motifs is 1. The molecular formula is C12H16BrNO3S. The van der Waals surface area contributed by atoms with E-state index in [1.807, 2.05) is 6.07 Å². The smallest absolute Gasteiger partial charge is 0.229 e. The Balaban J connectivity index is 2.33. The predicted molar refractivity (Wildman–Crippen MR) is 75.6 cm³/mol. The molecule has 0 saturated heterocycles. The Kier molecular flexibility index (Phi) is 3.87. The van der Waals surface area contributed by atoms with Crippen molar-refractivity contribution in [2.24, 2.45) is 0 Å². The number of ether oxygens (including phenoxy) is 1. The number of hydrogen-bond donors (Lipinski definition) is 1. The first-order chi connectivity index (χ1) is 8.39. The summed E-state index contributed by atoms with van der Waals surface area (Å²) in [5.74, 6) is 0.840. The van der Waals surface area contributed by atoms with Crippen LogP contribution in [0.15, 0.2) is 16.6 Å². The Hall–Kier alpha value is -0.750. The van der Waals surface area contributed by atoms with Crippen LogP contribution in [0.4, 0.5) is 5.69 Å². The maximum atomic E-state index is 11.2. The topological polar surface area (TPSA) is 55.4 Å². The summed E-state index contributed by atoms with van der Waals surface area (Å²) in [5.41, 5.74) is 1.61. The lowest BCUT2D eigenvalue weighted by atomic mass is 10.0. The van der Waals surface area contributed by atoms with Crippen LogP contribution in [0.25, 0.3) is 0 Å². The fourth-order valence-corrected chi connectivity index (χ4v) is 3.21. The highest BCUT2D eigenvalue weighted by Crippen LogP contribution is 2.38. The maximum absolute atomic E-state index is 11.2. The standard InChI is InChI=1S/C12H16BrNO3S/c1-3-10-5-4-8-6-9(14-18(2,15)16)7-11(13)12(8)17-10/h6-7,10,14H,3-5H2,1-2H3. The van der Waals surface area contributed by atoms with E-state index in [4.69, 9.17) is 4.74 Å². The second-order valence-corrected chi connectivity index (χ2v) is 7.11. The normalized spacial score (nSPS) is 18.9. The zero-order valence-corrected chi connectivity index (χ0v) is 12.8. The monoisotopic (exact) mass is 333 g/mol. The lowest BCUT2D eigenvalue weighted by Crippen LogP contribution is -2.22. The molecule has 1 heterocycles. The number of halogens is 1. The Morgan fingerprint density at radius 1 is 1.50 bits per heavy atom. The van der Waals surface area contributed by atoms with Crippen LogP contribution in [0.1, 0.15) is 25.3 Å². The van der Waals surface area contributed by atoms with Crippen molar-refractivity contribution in [3.8, 4) is 5.75 Å². The van der Waals surface area contributed by atoms with E-state index in [0.717, 1.165) is 41.3 Å². The molecule has 0 fully saturated rings. The molecule has 0 spiro atoms. The molecule has 2 rings (SSSR count). The van der Waals surface area contributed by atoms with Gasteiger partial charge in [0.25, 0.3) is 0 Å². The summed E-state index contributed by atoms with van der Waals surface area (Å²) >= 11 is 3.44. The predicted octanol–water partition coefficient (Wildman–Crippen LogP) is 2.92. The highest BCUT2D eigenvalue weighted by atomic mass is 79.9. The summed E-state index contributed by atoms with van der Waals surface area (Å²) in [6.45, 7) is 2.10. The zero-order valence-electron chi connectivity index (χ0n) is 10.4. The van der Waals surface area contributed by atoms with Gasteiger partial charge in [-0.05, 0) is 52.9 Å². The number of benzene rings is 1. The maximum Gasteiger partial charge on any atom is 0.229 e. The molecule has 0 aliphatic carbocycles. The van der Waals surface area contributed by atoms with Crippen LogP contribution in [0, 0.1) is 0 Å². The Labute approximate surface area is 116 Å². The summed E-state index contributed by atoms with van der Waals surface area (Å²) in [6, 6.07) is 3.57. The van der Waals surface area contributed by atoms with Crippen LogP contribution in [-0.2, 0) is 16.4 Å². The molecule has 1 aliphatic rings. The molecule has 0 saturated carbocycles. The van der Waals surface area contributed by atoms with Gasteiger partial charge < -0.3 is 4.74 Å². The molecule has 1 atom stereocenters. The SMILES string of the molecule is CCC1CCc2cc(NS(C)(=O)=O)cc(Br)c2O1. The van der Waals surface area contributed by atoms with Crippen LogP contribution < -0.4 is 9.46 Å². The zero-order chi connectivity index (χ0) is 13.3. The number of aryl methyl sites for hydroxylation is 1. The van der Waals surface area contributed by atoms with Gasteiger partial charge in [-0.1, -0.05) is 6.92 Å². The van der Waals surface area contributed by atoms with Gasteiger partial charge in [-0.2, -0.15) is 0 Å². The van der Waals surface area contributed by atoms with Gasteiger partial charge in [-0.15, -0.1) is 0 Å². The van der Waals surface area contributed by atoms with Gasteiger partial charge in [0, 0.05) is 0 Å². The molecule has 18 heavy (non-hydrogen) atoms. The number of rotatable bonds is 3. The van der Waals surface area contributed by atoms with E-state index in [1.165, 1.54) is 0 Å². The first kappa shape index (κ1) is 13.7. The molecule has 0 amide bonds. The number of nitrogens with one attached hydrogen (secondary N) is 1. The van der Waals surface area contributed by atoms with Crippen LogP contribution >= 0.6 is 15.9 Å². The minimum atomic E-state index is -3.25. The highest BCUT2D eigenvalue weighted by molar-refractivity contribution is 9.10. The van der Waals surface area contributed by atoms with E-state index in [2.05, 4.69) is 27.6 Å². The number of sulfonamides is 1. The molecule has 100 valence electrons. The summed E-state index contributed by atoms with van der Waals surface area (Å²) in [4.78, 5) is 0. The summed E-state index contributed by atoms with van der Waals surface area (Å²) in [5, 5.41) is 0. The molecule has 0 radical (unpaired) electrons. The molecule has 1 unspecified atom stereocenters. The van der Waals surface area contributed by atoms with Crippen LogP contribution in [0.3, 0.4) is 0 Å². The lowest BCUT2D eigenvalue weighted by Gasteiger charge is -2.26. The Bertz CT molecular complexity index is 557. The third kappa shape index (κ3) is 3.17. The molecule has 1 aromatic rings. The van der Waals surface area contributed by atoms with Crippen molar-refractivity contribution in [3.05, 3.63) is 22.2 Å². The molecule has 6 heteroatoms. The third-order valence-electron chi connectivity index (χ3n) is 2.90. The third-order valence-corrected chi connectivity index (χ3v) is 4.09. The molecule has 1 N–H and O–H groups in total. The molecule has 0 bridgehead atoms. The fourth-order valence-electron chi connectivity index (χ4n) is 2.07.